The van der Waals surface area contributed by atoms with Crippen LogP contribution in [0.15, 0.2) is 18.2 Å². The molecule has 0 unspecified atom stereocenters. The lowest BCUT2D eigenvalue weighted by Crippen LogP contribution is -2.30. The summed E-state index contributed by atoms with van der Waals surface area (Å²) in [6, 6.07) is 3.29. The molecule has 0 fully saturated rings. The van der Waals surface area contributed by atoms with Gasteiger partial charge >= 0.3 is 11.9 Å². The molecule has 3 rings (SSSR count). The van der Waals surface area contributed by atoms with Crippen LogP contribution in [0, 0.1) is 10.1 Å². The number of hydrogen-bond acceptors (Lipinski definition) is 10. The molecule has 1 aliphatic heterocycles. The maximum Gasteiger partial charge on any atom is 0.348 e. The second kappa shape index (κ2) is 7.31. The van der Waals surface area contributed by atoms with Gasteiger partial charge in [0.15, 0.2) is 0 Å². The number of thiophene rings is 1. The van der Waals surface area contributed by atoms with E-state index in [1.54, 1.807) is 0 Å². The molecule has 150 valence electrons. The number of nitrogens with zero attached hydrogens (tertiary/aromatic N) is 2. The van der Waals surface area contributed by atoms with E-state index in [1.165, 1.54) is 6.07 Å². The van der Waals surface area contributed by atoms with Crippen LogP contribution in [-0.2, 0) is 16.0 Å². The highest BCUT2D eigenvalue weighted by molar-refractivity contribution is 7.18. The van der Waals surface area contributed by atoms with Crippen molar-refractivity contribution in [2.45, 2.75) is 6.54 Å². The molecule has 1 aromatic heterocycles. The lowest BCUT2D eigenvalue weighted by Gasteiger charge is -2.15. The Balaban J connectivity index is 2.07. The molecule has 2 N–H and O–H groups in total. The molecule has 0 saturated carbocycles. The molecule has 2 heterocycles. The zero-order valence-electron chi connectivity index (χ0n) is 15.1. The fourth-order valence-electron chi connectivity index (χ4n) is 2.91. The molecule has 12 heteroatoms. The van der Waals surface area contributed by atoms with Gasteiger partial charge in [0.05, 0.1) is 42.4 Å². The van der Waals surface area contributed by atoms with Gasteiger partial charge in [-0.2, -0.15) is 0 Å². The summed E-state index contributed by atoms with van der Waals surface area (Å²) < 4.78 is 9.36. The molecule has 29 heavy (non-hydrogen) atoms. The summed E-state index contributed by atoms with van der Waals surface area (Å²) in [6.45, 7) is -0.470. The molecular formula is C17H13N3O8S. The van der Waals surface area contributed by atoms with Crippen molar-refractivity contribution in [3.05, 3.63) is 55.4 Å². The van der Waals surface area contributed by atoms with Crippen molar-refractivity contribution >= 4 is 45.8 Å². The van der Waals surface area contributed by atoms with Crippen LogP contribution in [0.2, 0.25) is 0 Å². The van der Waals surface area contributed by atoms with E-state index in [9.17, 15) is 29.3 Å². The highest BCUT2D eigenvalue weighted by Gasteiger charge is 2.39. The molecule has 0 saturated heterocycles. The summed E-state index contributed by atoms with van der Waals surface area (Å²) in [4.78, 5) is 60.6. The third kappa shape index (κ3) is 3.18. The summed E-state index contributed by atoms with van der Waals surface area (Å²) in [5, 5.41) is 10.9. The quantitative estimate of drug-likeness (QED) is 0.329. The number of imide groups is 1. The first-order valence-electron chi connectivity index (χ1n) is 7.93. The number of amides is 2. The summed E-state index contributed by atoms with van der Waals surface area (Å²) >= 11 is 0.757. The Kier molecular flexibility index (Phi) is 5.03. The van der Waals surface area contributed by atoms with Crippen LogP contribution in [0.5, 0.6) is 0 Å². The number of nitrogen functional groups attached to an aromatic ring is 1. The maximum atomic E-state index is 12.7. The van der Waals surface area contributed by atoms with Gasteiger partial charge < -0.3 is 15.2 Å². The first-order chi connectivity index (χ1) is 13.7. The van der Waals surface area contributed by atoms with E-state index in [0.29, 0.717) is 0 Å². The lowest BCUT2D eigenvalue weighted by molar-refractivity contribution is -0.384. The Labute approximate surface area is 166 Å². The number of non-ortho nitro benzene ring substituents is 1. The first-order valence-corrected chi connectivity index (χ1v) is 8.75. The van der Waals surface area contributed by atoms with Gasteiger partial charge in [-0.3, -0.25) is 24.6 Å². The fourth-order valence-corrected chi connectivity index (χ4v) is 3.90. The lowest BCUT2D eigenvalue weighted by atomic mass is 10.1. The van der Waals surface area contributed by atoms with Crippen molar-refractivity contribution in [1.82, 2.24) is 4.90 Å². The van der Waals surface area contributed by atoms with E-state index < -0.39 is 35.2 Å². The Morgan fingerprint density at radius 1 is 1.14 bits per heavy atom. The number of hydrogen-bond donors (Lipinski definition) is 1. The van der Waals surface area contributed by atoms with E-state index in [4.69, 9.17) is 5.73 Å². The van der Waals surface area contributed by atoms with Crippen LogP contribution < -0.4 is 5.73 Å². The second-order valence-electron chi connectivity index (χ2n) is 5.82. The number of benzene rings is 1. The SMILES string of the molecule is COC(=O)c1sc(N)c(C(=O)OC)c1CN1C(=O)c2ccc([N+](=O)[O-])cc2C1=O. The predicted octanol–water partition coefficient (Wildman–Crippen LogP) is 1.61. The third-order valence-electron chi connectivity index (χ3n) is 4.28. The highest BCUT2D eigenvalue weighted by atomic mass is 32.1. The molecule has 0 spiro atoms. The average Bonchev–Trinajstić information content (AvgIpc) is 3.16. The maximum absolute atomic E-state index is 12.7. The first kappa shape index (κ1) is 19.9. The van der Waals surface area contributed by atoms with Crippen LogP contribution in [0.3, 0.4) is 0 Å². The molecular weight excluding hydrogens is 406 g/mol. The molecule has 1 aromatic carbocycles. The van der Waals surface area contributed by atoms with Gasteiger partial charge in [-0.15, -0.1) is 11.3 Å². The number of methoxy groups -OCH3 is 2. The molecule has 0 aliphatic carbocycles. The Morgan fingerprint density at radius 2 is 1.76 bits per heavy atom. The molecule has 2 aromatic rings. The molecule has 2 amide bonds. The number of carbonyl (C=O) groups is 4. The normalized spacial score (nSPS) is 12.7. The average molecular weight is 419 g/mol. The number of ether oxygens (including phenoxy) is 2. The Hall–Kier alpha value is -3.80. The zero-order chi connectivity index (χ0) is 21.5. The van der Waals surface area contributed by atoms with Gasteiger partial charge in [0.2, 0.25) is 0 Å². The number of anilines is 1. The van der Waals surface area contributed by atoms with Gasteiger partial charge in [0, 0.05) is 17.7 Å². The molecule has 1 aliphatic rings. The van der Waals surface area contributed by atoms with E-state index in [2.05, 4.69) is 9.47 Å². The van der Waals surface area contributed by atoms with Crippen LogP contribution in [-0.4, -0.2) is 47.8 Å². The number of carbonyl (C=O) groups excluding carboxylic acids is 4. The Bertz CT molecular complexity index is 1090. The molecule has 0 radical (unpaired) electrons. The number of nitrogens with two attached hydrogens (primary N) is 1. The molecule has 11 nitrogen and oxygen atoms in total. The van der Waals surface area contributed by atoms with Gasteiger partial charge in [-0.25, -0.2) is 9.59 Å². The summed E-state index contributed by atoms with van der Waals surface area (Å²) in [6.07, 6.45) is 0. The largest absolute Gasteiger partial charge is 0.465 e. The fraction of sp³-hybridized carbons (Fsp3) is 0.176. The smallest absolute Gasteiger partial charge is 0.348 e. The summed E-state index contributed by atoms with van der Waals surface area (Å²) in [5.74, 6) is -3.18. The van der Waals surface area contributed by atoms with Gasteiger partial charge in [0.1, 0.15) is 9.88 Å². The minimum absolute atomic E-state index is 0.00444. The topological polar surface area (TPSA) is 159 Å². The van der Waals surface area contributed by atoms with Crippen molar-refractivity contribution in [1.29, 1.82) is 0 Å². The number of fused-ring (bicyclic) bond motifs is 1. The highest BCUT2D eigenvalue weighted by Crippen LogP contribution is 2.35. The van der Waals surface area contributed by atoms with Crippen LogP contribution >= 0.6 is 11.3 Å². The monoisotopic (exact) mass is 419 g/mol. The van der Waals surface area contributed by atoms with Crippen molar-refractivity contribution < 1.29 is 33.6 Å². The van der Waals surface area contributed by atoms with Crippen molar-refractivity contribution in [3.8, 4) is 0 Å². The van der Waals surface area contributed by atoms with Gasteiger partial charge in [-0.05, 0) is 6.07 Å². The predicted molar refractivity (Wildman–Crippen MR) is 98.7 cm³/mol. The van der Waals surface area contributed by atoms with Crippen molar-refractivity contribution in [2.24, 2.45) is 0 Å². The van der Waals surface area contributed by atoms with Crippen LogP contribution in [0.25, 0.3) is 0 Å². The van der Waals surface area contributed by atoms with E-state index in [0.717, 1.165) is 42.6 Å². The van der Waals surface area contributed by atoms with Crippen LogP contribution in [0.1, 0.15) is 46.3 Å². The van der Waals surface area contributed by atoms with Crippen molar-refractivity contribution in [2.75, 3.05) is 20.0 Å². The standard InChI is InChI=1S/C17H13N3O8S/c1-27-16(23)11-10(12(17(24)28-2)29-13(11)18)6-19-14(21)8-4-3-7(20(25)26)5-9(8)15(19)22/h3-5H,6,18H2,1-2H3. The molecule has 0 bridgehead atoms. The number of esters is 2. The third-order valence-corrected chi connectivity index (χ3v) is 5.32. The van der Waals surface area contributed by atoms with Gasteiger partial charge in [0.25, 0.3) is 17.5 Å². The second-order valence-corrected chi connectivity index (χ2v) is 6.87. The van der Waals surface area contributed by atoms with Crippen LogP contribution in [0.4, 0.5) is 10.7 Å². The zero-order valence-corrected chi connectivity index (χ0v) is 15.9. The van der Waals surface area contributed by atoms with Crippen molar-refractivity contribution in [3.63, 3.8) is 0 Å². The Morgan fingerprint density at radius 3 is 2.34 bits per heavy atom. The number of rotatable bonds is 5. The summed E-state index contributed by atoms with van der Waals surface area (Å²) in [5.41, 5.74) is 5.16. The van der Waals surface area contributed by atoms with E-state index in [1.807, 2.05) is 0 Å². The van der Waals surface area contributed by atoms with E-state index >= 15 is 0 Å². The number of nitro benzene ring substituents is 1. The minimum atomic E-state index is -0.851. The summed E-state index contributed by atoms with van der Waals surface area (Å²) in [7, 11) is 2.24. The van der Waals surface area contributed by atoms with E-state index in [-0.39, 0.29) is 37.8 Å². The van der Waals surface area contributed by atoms with Gasteiger partial charge in [-0.1, -0.05) is 0 Å². The number of nitro groups is 1. The molecule has 0 atom stereocenters. The minimum Gasteiger partial charge on any atom is -0.465 e.